The molecule has 6 nitrogen and oxygen atoms in total. The molecule has 1 aliphatic heterocycles. The van der Waals surface area contributed by atoms with Crippen LogP contribution in [0, 0.1) is 0 Å². The van der Waals surface area contributed by atoms with Gasteiger partial charge in [-0.2, -0.15) is 0 Å². The fourth-order valence-corrected chi connectivity index (χ4v) is 3.78. The molecular weight excluding hydrogens is 348 g/mol. The van der Waals surface area contributed by atoms with Crippen molar-refractivity contribution in [1.82, 2.24) is 21.2 Å². The Labute approximate surface area is 159 Å². The summed E-state index contributed by atoms with van der Waals surface area (Å²) in [6.45, 7) is 4.82. The van der Waals surface area contributed by atoms with Crippen molar-refractivity contribution < 1.29 is 9.53 Å². The molecule has 0 fully saturated rings. The maximum atomic E-state index is 12.5. The fraction of sp³-hybridized carbons (Fsp3) is 0.474. The molecule has 4 N–H and O–H groups in total. The van der Waals surface area contributed by atoms with Gasteiger partial charge in [0, 0.05) is 18.0 Å². The number of benzene rings is 1. The SMILES string of the molecule is CCc1cccc2c3c([nH]c12)C(CC)(CC(=O)NNC(=S)NC)OCC3. The molecule has 2 heterocycles. The highest BCUT2D eigenvalue weighted by Crippen LogP contribution is 2.42. The Morgan fingerprint density at radius 1 is 1.35 bits per heavy atom. The highest BCUT2D eigenvalue weighted by molar-refractivity contribution is 7.80. The zero-order chi connectivity index (χ0) is 18.7. The van der Waals surface area contributed by atoms with Crippen LogP contribution in [0.25, 0.3) is 10.9 Å². The Morgan fingerprint density at radius 3 is 2.85 bits per heavy atom. The number of aromatic amines is 1. The molecule has 7 heteroatoms. The van der Waals surface area contributed by atoms with E-state index in [0.717, 1.165) is 18.5 Å². The van der Waals surface area contributed by atoms with E-state index in [9.17, 15) is 4.79 Å². The third-order valence-electron chi connectivity index (χ3n) is 5.15. The Morgan fingerprint density at radius 2 is 2.15 bits per heavy atom. The maximum absolute atomic E-state index is 12.5. The van der Waals surface area contributed by atoms with Crippen LogP contribution in [0.4, 0.5) is 0 Å². The standard InChI is InChI=1S/C19H26N4O2S/c1-4-12-7-6-8-13-14-9-10-25-19(5-2,17(14)21-16(12)13)11-15(24)22-23-18(26)20-3/h6-8,21H,4-5,9-11H2,1-3H3,(H,22,24)(H2,20,23,26). The molecule has 26 heavy (non-hydrogen) atoms. The number of rotatable bonds is 4. The Balaban J connectivity index is 1.95. The Kier molecular flexibility index (Phi) is 5.48. The molecular formula is C19H26N4O2S. The summed E-state index contributed by atoms with van der Waals surface area (Å²) in [4.78, 5) is 16.1. The topological polar surface area (TPSA) is 78.2 Å². The Hall–Kier alpha value is -2.12. The normalized spacial score (nSPS) is 19.0. The van der Waals surface area contributed by atoms with Crippen LogP contribution in [-0.4, -0.2) is 29.7 Å². The number of para-hydroxylation sites is 1. The van der Waals surface area contributed by atoms with Gasteiger partial charge in [0.15, 0.2) is 5.11 Å². The van der Waals surface area contributed by atoms with Crippen molar-refractivity contribution in [2.45, 2.75) is 45.1 Å². The lowest BCUT2D eigenvalue weighted by molar-refractivity contribution is -0.133. The lowest BCUT2D eigenvalue weighted by Gasteiger charge is -2.36. The second-order valence-corrected chi connectivity index (χ2v) is 6.96. The van der Waals surface area contributed by atoms with Crippen molar-refractivity contribution >= 4 is 34.1 Å². The molecule has 1 atom stereocenters. The van der Waals surface area contributed by atoms with Crippen molar-refractivity contribution in [2.24, 2.45) is 0 Å². The number of hydrogen-bond acceptors (Lipinski definition) is 3. The summed E-state index contributed by atoms with van der Waals surface area (Å²) in [7, 11) is 1.70. The van der Waals surface area contributed by atoms with Crippen molar-refractivity contribution in [3.05, 3.63) is 35.0 Å². The number of hydrazine groups is 1. The van der Waals surface area contributed by atoms with Crippen LogP contribution in [0.2, 0.25) is 0 Å². The number of aryl methyl sites for hydroxylation is 1. The van der Waals surface area contributed by atoms with Crippen LogP contribution in [0.15, 0.2) is 18.2 Å². The van der Waals surface area contributed by atoms with Crippen molar-refractivity contribution in [1.29, 1.82) is 0 Å². The largest absolute Gasteiger partial charge is 0.368 e. The molecule has 0 aliphatic carbocycles. The molecule has 1 aromatic carbocycles. The minimum absolute atomic E-state index is 0.160. The van der Waals surface area contributed by atoms with E-state index in [-0.39, 0.29) is 12.3 Å². The molecule has 0 spiro atoms. The van der Waals surface area contributed by atoms with E-state index in [1.807, 2.05) is 0 Å². The lowest BCUT2D eigenvalue weighted by atomic mass is 9.86. The molecule has 3 rings (SSSR count). The minimum Gasteiger partial charge on any atom is -0.368 e. The van der Waals surface area contributed by atoms with Gasteiger partial charge in [-0.25, -0.2) is 0 Å². The number of fused-ring (bicyclic) bond motifs is 3. The average Bonchev–Trinajstić information content (AvgIpc) is 3.06. The van der Waals surface area contributed by atoms with E-state index in [1.165, 1.54) is 22.0 Å². The van der Waals surface area contributed by atoms with E-state index < -0.39 is 5.60 Å². The first kappa shape index (κ1) is 18.7. The Bertz CT molecular complexity index is 832. The van der Waals surface area contributed by atoms with Crippen LogP contribution >= 0.6 is 12.2 Å². The predicted octanol–water partition coefficient (Wildman–Crippen LogP) is 2.42. The second kappa shape index (κ2) is 7.63. The number of aromatic nitrogens is 1. The predicted molar refractivity (Wildman–Crippen MR) is 107 cm³/mol. The quantitative estimate of drug-likeness (QED) is 0.488. The lowest BCUT2D eigenvalue weighted by Crippen LogP contribution is -2.48. The number of H-pyrrole nitrogens is 1. The summed E-state index contributed by atoms with van der Waals surface area (Å²) in [5.74, 6) is -0.160. The number of carbonyl (C=O) groups is 1. The molecule has 1 aromatic heterocycles. The van der Waals surface area contributed by atoms with Gasteiger partial charge in [-0.15, -0.1) is 0 Å². The molecule has 2 aromatic rings. The van der Waals surface area contributed by atoms with Gasteiger partial charge >= 0.3 is 0 Å². The highest BCUT2D eigenvalue weighted by Gasteiger charge is 2.40. The zero-order valence-corrected chi connectivity index (χ0v) is 16.3. The van der Waals surface area contributed by atoms with E-state index in [0.29, 0.717) is 18.1 Å². The van der Waals surface area contributed by atoms with E-state index in [1.54, 1.807) is 7.05 Å². The average molecular weight is 375 g/mol. The number of nitrogens with one attached hydrogen (secondary N) is 4. The van der Waals surface area contributed by atoms with Gasteiger partial charge < -0.3 is 15.0 Å². The van der Waals surface area contributed by atoms with Gasteiger partial charge in [0.05, 0.1) is 18.7 Å². The van der Waals surface area contributed by atoms with Crippen LogP contribution in [0.3, 0.4) is 0 Å². The number of amides is 1. The third-order valence-corrected chi connectivity index (χ3v) is 5.46. The third kappa shape index (κ3) is 3.29. The molecule has 0 bridgehead atoms. The summed E-state index contributed by atoms with van der Waals surface area (Å²) < 4.78 is 6.18. The fourth-order valence-electron chi connectivity index (χ4n) is 3.73. The first-order chi connectivity index (χ1) is 12.5. The highest BCUT2D eigenvalue weighted by atomic mass is 32.1. The molecule has 1 aliphatic rings. The molecule has 0 saturated heterocycles. The van der Waals surface area contributed by atoms with Gasteiger partial charge in [-0.05, 0) is 42.6 Å². The second-order valence-electron chi connectivity index (χ2n) is 6.55. The summed E-state index contributed by atoms with van der Waals surface area (Å²) in [6, 6.07) is 6.41. The maximum Gasteiger partial charge on any atom is 0.241 e. The van der Waals surface area contributed by atoms with Crippen LogP contribution < -0.4 is 16.2 Å². The van der Waals surface area contributed by atoms with Gasteiger partial charge in [-0.3, -0.25) is 15.6 Å². The molecule has 1 amide bonds. The summed E-state index contributed by atoms with van der Waals surface area (Å²) in [6.07, 6.45) is 2.75. The van der Waals surface area contributed by atoms with E-state index in [2.05, 4.69) is 53.2 Å². The van der Waals surface area contributed by atoms with Crippen LogP contribution in [0.5, 0.6) is 0 Å². The summed E-state index contributed by atoms with van der Waals surface area (Å²) >= 11 is 4.99. The number of ether oxygens (including phenoxy) is 1. The molecule has 1 unspecified atom stereocenters. The van der Waals surface area contributed by atoms with Crippen LogP contribution in [0.1, 0.15) is 43.5 Å². The van der Waals surface area contributed by atoms with Gasteiger partial charge in [0.1, 0.15) is 5.60 Å². The smallest absolute Gasteiger partial charge is 0.241 e. The summed E-state index contributed by atoms with van der Waals surface area (Å²) in [5.41, 5.74) is 9.44. The molecule has 140 valence electrons. The van der Waals surface area contributed by atoms with Crippen molar-refractivity contribution in [3.8, 4) is 0 Å². The summed E-state index contributed by atoms with van der Waals surface area (Å²) in [5, 5.41) is 4.38. The van der Waals surface area contributed by atoms with Crippen LogP contribution in [-0.2, 0) is 28.0 Å². The van der Waals surface area contributed by atoms with Crippen molar-refractivity contribution in [2.75, 3.05) is 13.7 Å². The van der Waals surface area contributed by atoms with Gasteiger partial charge in [0.25, 0.3) is 0 Å². The first-order valence-corrected chi connectivity index (χ1v) is 9.49. The molecule has 0 saturated carbocycles. The van der Waals surface area contributed by atoms with Gasteiger partial charge in [-0.1, -0.05) is 32.0 Å². The first-order valence-electron chi connectivity index (χ1n) is 9.08. The number of carbonyl (C=O) groups excluding carboxylic acids is 1. The van der Waals surface area contributed by atoms with Crippen molar-refractivity contribution in [3.63, 3.8) is 0 Å². The van der Waals surface area contributed by atoms with E-state index >= 15 is 0 Å². The number of hydrogen-bond donors (Lipinski definition) is 4. The molecule has 0 radical (unpaired) electrons. The minimum atomic E-state index is -0.648. The monoisotopic (exact) mass is 374 g/mol. The van der Waals surface area contributed by atoms with Gasteiger partial charge in [0.2, 0.25) is 5.91 Å². The zero-order valence-electron chi connectivity index (χ0n) is 15.5. The number of thiocarbonyl (C=S) groups is 1. The van der Waals surface area contributed by atoms with E-state index in [4.69, 9.17) is 17.0 Å².